The molecule has 1 fully saturated rings. The molecule has 0 saturated heterocycles. The molecule has 2 N–H and O–H groups in total. The third kappa shape index (κ3) is 3.12. The standard InChI is InChI=1S/C18H16ClFN4/c19-16-6-3-12(10-23-16)24-18-14-4-5-15(22-9-11-1-2-11)17(20)13(14)7-8-21-18/h3-8,10-11,22H,1-2,9H2,(H,21,24). The monoisotopic (exact) mass is 342 g/mol. The van der Waals surface area contributed by atoms with Crippen molar-refractivity contribution in [3.05, 3.63) is 53.7 Å². The van der Waals surface area contributed by atoms with Gasteiger partial charge in [-0.15, -0.1) is 0 Å². The van der Waals surface area contributed by atoms with Gasteiger partial charge in [0.05, 0.1) is 17.6 Å². The van der Waals surface area contributed by atoms with Crippen LogP contribution < -0.4 is 10.6 Å². The van der Waals surface area contributed by atoms with Crippen molar-refractivity contribution in [1.29, 1.82) is 0 Å². The molecule has 1 aromatic carbocycles. The highest BCUT2D eigenvalue weighted by Gasteiger charge is 2.21. The average molecular weight is 343 g/mol. The summed E-state index contributed by atoms with van der Waals surface area (Å²) in [5.41, 5.74) is 1.29. The van der Waals surface area contributed by atoms with Crippen molar-refractivity contribution in [2.24, 2.45) is 5.92 Å². The maximum Gasteiger partial charge on any atom is 0.154 e. The molecular formula is C18H16ClFN4. The molecule has 24 heavy (non-hydrogen) atoms. The molecule has 0 amide bonds. The number of anilines is 3. The fourth-order valence-corrected chi connectivity index (χ4v) is 2.73. The zero-order valence-corrected chi connectivity index (χ0v) is 13.6. The molecule has 0 unspecified atom stereocenters. The largest absolute Gasteiger partial charge is 0.382 e. The normalized spacial score (nSPS) is 13.9. The van der Waals surface area contributed by atoms with Crippen molar-refractivity contribution in [2.45, 2.75) is 12.8 Å². The number of rotatable bonds is 5. The SMILES string of the molecule is Fc1c(NCC2CC2)ccc2c(Nc3ccc(Cl)nc3)nccc12. The maximum absolute atomic E-state index is 14.8. The first-order valence-corrected chi connectivity index (χ1v) is 8.28. The third-order valence-electron chi connectivity index (χ3n) is 4.15. The summed E-state index contributed by atoms with van der Waals surface area (Å²) in [6, 6.07) is 8.84. The zero-order chi connectivity index (χ0) is 16.5. The fourth-order valence-electron chi connectivity index (χ4n) is 2.62. The van der Waals surface area contributed by atoms with Gasteiger partial charge in [-0.1, -0.05) is 11.6 Å². The molecule has 0 bridgehead atoms. The molecule has 122 valence electrons. The molecule has 0 spiro atoms. The van der Waals surface area contributed by atoms with Crippen LogP contribution in [-0.4, -0.2) is 16.5 Å². The van der Waals surface area contributed by atoms with Crippen molar-refractivity contribution in [2.75, 3.05) is 17.2 Å². The first-order chi connectivity index (χ1) is 11.7. The van der Waals surface area contributed by atoms with E-state index in [9.17, 15) is 4.39 Å². The van der Waals surface area contributed by atoms with Crippen LogP contribution in [0.5, 0.6) is 0 Å². The molecular weight excluding hydrogens is 327 g/mol. The highest BCUT2D eigenvalue weighted by Crippen LogP contribution is 2.32. The molecule has 4 rings (SSSR count). The maximum atomic E-state index is 14.8. The number of pyridine rings is 2. The van der Waals surface area contributed by atoms with Crippen LogP contribution in [0.1, 0.15) is 12.8 Å². The van der Waals surface area contributed by atoms with Crippen LogP contribution in [0, 0.1) is 11.7 Å². The average Bonchev–Trinajstić information content (AvgIpc) is 3.41. The van der Waals surface area contributed by atoms with Gasteiger partial charge in [0, 0.05) is 23.5 Å². The van der Waals surface area contributed by atoms with Crippen LogP contribution in [0.15, 0.2) is 42.7 Å². The molecule has 0 aliphatic heterocycles. The van der Waals surface area contributed by atoms with Crippen LogP contribution in [0.2, 0.25) is 5.15 Å². The highest BCUT2D eigenvalue weighted by atomic mass is 35.5. The van der Waals surface area contributed by atoms with Gasteiger partial charge in [0.15, 0.2) is 5.82 Å². The predicted octanol–water partition coefficient (Wildman–Crippen LogP) is 4.99. The molecule has 1 aliphatic carbocycles. The molecule has 2 aromatic heterocycles. The molecule has 1 saturated carbocycles. The minimum absolute atomic E-state index is 0.243. The molecule has 0 radical (unpaired) electrons. The summed E-state index contributed by atoms with van der Waals surface area (Å²) in [6.07, 6.45) is 5.68. The number of nitrogens with zero attached hydrogens (tertiary/aromatic N) is 2. The van der Waals surface area contributed by atoms with Crippen LogP contribution >= 0.6 is 11.6 Å². The van der Waals surface area contributed by atoms with E-state index < -0.39 is 0 Å². The minimum atomic E-state index is -0.243. The minimum Gasteiger partial charge on any atom is -0.382 e. The zero-order valence-electron chi connectivity index (χ0n) is 12.9. The molecule has 0 atom stereocenters. The lowest BCUT2D eigenvalue weighted by atomic mass is 10.1. The number of aromatic nitrogens is 2. The smallest absolute Gasteiger partial charge is 0.154 e. The van der Waals surface area contributed by atoms with Crippen LogP contribution in [0.25, 0.3) is 10.8 Å². The molecule has 1 aliphatic rings. The van der Waals surface area contributed by atoms with Gasteiger partial charge in [-0.25, -0.2) is 14.4 Å². The van der Waals surface area contributed by atoms with E-state index in [1.165, 1.54) is 12.8 Å². The number of benzene rings is 1. The summed E-state index contributed by atoms with van der Waals surface area (Å²) in [5.74, 6) is 1.03. The van der Waals surface area contributed by atoms with Gasteiger partial charge in [0.2, 0.25) is 0 Å². The second kappa shape index (κ2) is 6.24. The lowest BCUT2D eigenvalue weighted by Crippen LogP contribution is -2.05. The summed E-state index contributed by atoms with van der Waals surface area (Å²) in [4.78, 5) is 8.35. The Labute approximate surface area is 144 Å². The van der Waals surface area contributed by atoms with Crippen molar-refractivity contribution < 1.29 is 4.39 Å². The Bertz CT molecular complexity index is 878. The first kappa shape index (κ1) is 15.1. The lowest BCUT2D eigenvalue weighted by Gasteiger charge is -2.12. The van der Waals surface area contributed by atoms with E-state index in [0.717, 1.165) is 17.6 Å². The van der Waals surface area contributed by atoms with Crippen LogP contribution in [-0.2, 0) is 0 Å². The Balaban J connectivity index is 1.66. The molecule has 3 aromatic rings. The predicted molar refractivity (Wildman–Crippen MR) is 95.4 cm³/mol. The van der Waals surface area contributed by atoms with E-state index in [-0.39, 0.29) is 5.82 Å². The number of hydrogen-bond donors (Lipinski definition) is 2. The van der Waals surface area contributed by atoms with Gasteiger partial charge in [-0.2, -0.15) is 0 Å². The number of nitrogens with one attached hydrogen (secondary N) is 2. The van der Waals surface area contributed by atoms with Gasteiger partial charge < -0.3 is 10.6 Å². The summed E-state index contributed by atoms with van der Waals surface area (Å²) in [7, 11) is 0. The van der Waals surface area contributed by atoms with Gasteiger partial charge in [0.25, 0.3) is 0 Å². The van der Waals surface area contributed by atoms with Crippen LogP contribution in [0.3, 0.4) is 0 Å². The quantitative estimate of drug-likeness (QED) is 0.641. The van der Waals surface area contributed by atoms with Crippen LogP contribution in [0.4, 0.5) is 21.6 Å². The second-order valence-electron chi connectivity index (χ2n) is 6.00. The Morgan fingerprint density at radius 1 is 1.08 bits per heavy atom. The van der Waals surface area contributed by atoms with E-state index in [4.69, 9.17) is 11.6 Å². The van der Waals surface area contributed by atoms with Crippen molar-refractivity contribution in [3.8, 4) is 0 Å². The Hall–Kier alpha value is -2.40. The summed E-state index contributed by atoms with van der Waals surface area (Å²) >= 11 is 5.79. The summed E-state index contributed by atoms with van der Waals surface area (Å²) in [6.45, 7) is 0.828. The lowest BCUT2D eigenvalue weighted by molar-refractivity contribution is 0.641. The van der Waals surface area contributed by atoms with E-state index in [1.54, 1.807) is 36.7 Å². The van der Waals surface area contributed by atoms with Gasteiger partial charge in [-0.05, 0) is 49.1 Å². The molecule has 6 heteroatoms. The first-order valence-electron chi connectivity index (χ1n) is 7.90. The summed E-state index contributed by atoms with van der Waals surface area (Å²) in [5, 5.41) is 8.05. The Morgan fingerprint density at radius 2 is 1.96 bits per heavy atom. The van der Waals surface area contributed by atoms with E-state index >= 15 is 0 Å². The van der Waals surface area contributed by atoms with Gasteiger partial charge >= 0.3 is 0 Å². The number of halogens is 2. The van der Waals surface area contributed by atoms with Crippen molar-refractivity contribution in [1.82, 2.24) is 9.97 Å². The van der Waals surface area contributed by atoms with E-state index in [1.807, 2.05) is 6.07 Å². The van der Waals surface area contributed by atoms with E-state index in [2.05, 4.69) is 20.6 Å². The van der Waals surface area contributed by atoms with Gasteiger partial charge in [0.1, 0.15) is 11.0 Å². The van der Waals surface area contributed by atoms with Crippen molar-refractivity contribution in [3.63, 3.8) is 0 Å². The second-order valence-corrected chi connectivity index (χ2v) is 6.39. The Kier molecular flexibility index (Phi) is 3.94. The molecule has 4 nitrogen and oxygen atoms in total. The summed E-state index contributed by atoms with van der Waals surface area (Å²) < 4.78 is 14.8. The third-order valence-corrected chi connectivity index (χ3v) is 4.37. The fraction of sp³-hybridized carbons (Fsp3) is 0.222. The number of fused-ring (bicyclic) bond motifs is 1. The number of hydrogen-bond acceptors (Lipinski definition) is 4. The highest BCUT2D eigenvalue weighted by molar-refractivity contribution is 6.29. The van der Waals surface area contributed by atoms with Gasteiger partial charge in [-0.3, -0.25) is 0 Å². The van der Waals surface area contributed by atoms with E-state index in [0.29, 0.717) is 28.0 Å². The Morgan fingerprint density at radius 3 is 2.71 bits per heavy atom. The molecule has 2 heterocycles. The topological polar surface area (TPSA) is 49.8 Å². The van der Waals surface area contributed by atoms with Crippen molar-refractivity contribution >= 4 is 39.6 Å².